The van der Waals surface area contributed by atoms with Gasteiger partial charge in [0.25, 0.3) is 0 Å². The lowest BCUT2D eigenvalue weighted by Crippen LogP contribution is -2.58. The smallest absolute Gasteiger partial charge is 0.240 e. The van der Waals surface area contributed by atoms with Gasteiger partial charge in [0.05, 0.1) is 12.2 Å². The minimum Gasteiger partial charge on any atom is -0.368 e. The highest BCUT2D eigenvalue weighted by atomic mass is 32.1. The predicted molar refractivity (Wildman–Crippen MR) is 72.9 cm³/mol. The van der Waals surface area contributed by atoms with E-state index in [1.165, 1.54) is 11.3 Å². The summed E-state index contributed by atoms with van der Waals surface area (Å²) in [6.07, 6.45) is 0. The van der Waals surface area contributed by atoms with E-state index in [4.69, 9.17) is 5.73 Å². The second kappa shape index (κ2) is 6.09. The minimum absolute atomic E-state index is 0.147. The van der Waals surface area contributed by atoms with Crippen LogP contribution in [0.1, 0.15) is 5.69 Å². The molecule has 104 valence electrons. The van der Waals surface area contributed by atoms with Gasteiger partial charge in [-0.15, -0.1) is 11.3 Å². The maximum atomic E-state index is 11.9. The molecule has 1 atom stereocenters. The van der Waals surface area contributed by atoms with Gasteiger partial charge in [0, 0.05) is 25.0 Å². The highest BCUT2D eigenvalue weighted by molar-refractivity contribution is 7.13. The molecule has 1 aliphatic heterocycles. The molecule has 0 saturated carbocycles. The highest BCUT2D eigenvalue weighted by Crippen LogP contribution is 2.14. The summed E-state index contributed by atoms with van der Waals surface area (Å²) in [6, 6.07) is -0.433. The summed E-state index contributed by atoms with van der Waals surface area (Å²) in [5.74, 6) is -0.590. The van der Waals surface area contributed by atoms with Crippen LogP contribution in [0.3, 0.4) is 0 Å². The molecule has 0 bridgehead atoms. The van der Waals surface area contributed by atoms with Crippen LogP contribution >= 0.6 is 11.3 Å². The Bertz CT molecular complexity index is 475. The second-order valence-electron chi connectivity index (χ2n) is 4.43. The van der Waals surface area contributed by atoms with Gasteiger partial charge in [-0.1, -0.05) is 0 Å². The van der Waals surface area contributed by atoms with Crippen molar-refractivity contribution < 1.29 is 9.59 Å². The second-order valence-corrected chi connectivity index (χ2v) is 5.29. The Hall–Kier alpha value is -1.51. The van der Waals surface area contributed by atoms with Crippen LogP contribution in [0.15, 0.2) is 5.38 Å². The molecule has 7 nitrogen and oxygen atoms in total. The van der Waals surface area contributed by atoms with Crippen molar-refractivity contribution in [2.75, 3.05) is 31.5 Å². The molecular formula is C11H17N5O2S. The fourth-order valence-electron chi connectivity index (χ4n) is 1.97. The predicted octanol–water partition coefficient (Wildman–Crippen LogP) is -0.851. The maximum absolute atomic E-state index is 11.9. The molecule has 1 saturated heterocycles. The van der Waals surface area contributed by atoms with Crippen LogP contribution in [0.4, 0.5) is 5.13 Å². The third kappa shape index (κ3) is 3.72. The number of primary amides is 1. The third-order valence-electron chi connectivity index (χ3n) is 2.89. The molecule has 4 N–H and O–H groups in total. The van der Waals surface area contributed by atoms with Crippen molar-refractivity contribution in [3.8, 4) is 0 Å². The van der Waals surface area contributed by atoms with E-state index in [9.17, 15) is 9.59 Å². The zero-order chi connectivity index (χ0) is 13.8. The number of piperazine rings is 1. The molecule has 1 aromatic rings. The fraction of sp³-hybridized carbons (Fsp3) is 0.545. The Balaban J connectivity index is 1.91. The molecule has 2 heterocycles. The van der Waals surface area contributed by atoms with E-state index in [1.54, 1.807) is 4.90 Å². The maximum Gasteiger partial charge on any atom is 0.240 e. The van der Waals surface area contributed by atoms with Crippen LogP contribution in [-0.4, -0.2) is 53.9 Å². The van der Waals surface area contributed by atoms with Crippen molar-refractivity contribution >= 4 is 28.3 Å². The minimum atomic E-state index is -0.433. The van der Waals surface area contributed by atoms with Crippen molar-refractivity contribution in [1.82, 2.24) is 15.2 Å². The number of nitrogens with two attached hydrogens (primary N) is 1. The van der Waals surface area contributed by atoms with E-state index in [0.717, 1.165) is 12.2 Å². The Morgan fingerprint density at radius 3 is 3.11 bits per heavy atom. The number of thiazole rings is 1. The van der Waals surface area contributed by atoms with Crippen LogP contribution in [0, 0.1) is 6.92 Å². The number of nitrogens with one attached hydrogen (secondary N) is 2. The summed E-state index contributed by atoms with van der Waals surface area (Å²) in [7, 11) is 0. The Morgan fingerprint density at radius 2 is 2.47 bits per heavy atom. The zero-order valence-corrected chi connectivity index (χ0v) is 11.5. The summed E-state index contributed by atoms with van der Waals surface area (Å²) >= 11 is 1.38. The van der Waals surface area contributed by atoms with Crippen molar-refractivity contribution in [1.29, 1.82) is 0 Å². The first kappa shape index (κ1) is 13.9. The highest BCUT2D eigenvalue weighted by Gasteiger charge is 2.28. The molecule has 0 aliphatic carbocycles. The number of aryl methyl sites for hydroxylation is 1. The van der Waals surface area contributed by atoms with E-state index in [0.29, 0.717) is 18.2 Å². The Morgan fingerprint density at radius 1 is 1.68 bits per heavy atom. The molecule has 1 fully saturated rings. The number of hydrogen-bond donors (Lipinski definition) is 3. The number of aromatic nitrogens is 1. The van der Waals surface area contributed by atoms with Crippen molar-refractivity contribution in [2.45, 2.75) is 13.0 Å². The first-order valence-electron chi connectivity index (χ1n) is 6.02. The molecule has 1 aliphatic rings. The van der Waals surface area contributed by atoms with Gasteiger partial charge in [0.1, 0.15) is 6.04 Å². The van der Waals surface area contributed by atoms with Crippen LogP contribution in [0.2, 0.25) is 0 Å². The molecule has 1 unspecified atom stereocenters. The largest absolute Gasteiger partial charge is 0.368 e. The third-order valence-corrected chi connectivity index (χ3v) is 3.77. The number of carbonyl (C=O) groups is 2. The normalized spacial score (nSPS) is 20.2. The summed E-state index contributed by atoms with van der Waals surface area (Å²) in [6.45, 7) is 3.86. The standard InChI is InChI=1S/C11H17N5O2S/c1-7-6-19-11(14-7)15-9(17)5-16-3-2-13-4-8(16)10(12)18/h6,8,13H,2-5H2,1H3,(H2,12,18)(H,14,15,17). The van der Waals surface area contributed by atoms with Gasteiger partial charge >= 0.3 is 0 Å². The van der Waals surface area contributed by atoms with E-state index in [2.05, 4.69) is 15.6 Å². The lowest BCUT2D eigenvalue weighted by atomic mass is 10.2. The summed E-state index contributed by atoms with van der Waals surface area (Å²) < 4.78 is 0. The number of anilines is 1. The number of nitrogens with zero attached hydrogens (tertiary/aromatic N) is 2. The average molecular weight is 283 g/mol. The molecular weight excluding hydrogens is 266 g/mol. The molecule has 2 rings (SSSR count). The van der Waals surface area contributed by atoms with Gasteiger partial charge in [0.15, 0.2) is 5.13 Å². The monoisotopic (exact) mass is 283 g/mol. The number of rotatable bonds is 4. The summed E-state index contributed by atoms with van der Waals surface area (Å²) in [4.78, 5) is 29.2. The van der Waals surface area contributed by atoms with Crippen molar-refractivity contribution in [3.05, 3.63) is 11.1 Å². The molecule has 8 heteroatoms. The zero-order valence-electron chi connectivity index (χ0n) is 10.7. The van der Waals surface area contributed by atoms with Crippen LogP contribution in [0.25, 0.3) is 0 Å². The summed E-state index contributed by atoms with van der Waals surface area (Å²) in [5.41, 5.74) is 6.20. The first-order valence-corrected chi connectivity index (χ1v) is 6.90. The van der Waals surface area contributed by atoms with Gasteiger partial charge in [0.2, 0.25) is 11.8 Å². The molecule has 0 spiro atoms. The molecule has 1 aromatic heterocycles. The average Bonchev–Trinajstić information content (AvgIpc) is 2.75. The van der Waals surface area contributed by atoms with Crippen LogP contribution in [0.5, 0.6) is 0 Å². The number of carbonyl (C=O) groups excluding carboxylic acids is 2. The first-order chi connectivity index (χ1) is 9.06. The van der Waals surface area contributed by atoms with Gasteiger partial charge in [-0.05, 0) is 6.92 Å². The summed E-state index contributed by atoms with van der Waals surface area (Å²) in [5, 5.41) is 8.26. The number of hydrogen-bond acceptors (Lipinski definition) is 6. The Kier molecular flexibility index (Phi) is 4.46. The Labute approximate surface area is 115 Å². The lowest BCUT2D eigenvalue weighted by Gasteiger charge is -2.33. The van der Waals surface area contributed by atoms with Crippen molar-refractivity contribution in [2.24, 2.45) is 5.73 Å². The SMILES string of the molecule is Cc1csc(NC(=O)CN2CCNCC2C(N)=O)n1. The van der Waals surface area contributed by atoms with Gasteiger partial charge in [-0.25, -0.2) is 4.98 Å². The van der Waals surface area contributed by atoms with Crippen LogP contribution in [-0.2, 0) is 9.59 Å². The van der Waals surface area contributed by atoms with Gasteiger partial charge in [-0.3, -0.25) is 14.5 Å². The topological polar surface area (TPSA) is 100 Å². The van der Waals surface area contributed by atoms with Crippen LogP contribution < -0.4 is 16.4 Å². The molecule has 19 heavy (non-hydrogen) atoms. The van der Waals surface area contributed by atoms with E-state index in [-0.39, 0.29) is 12.5 Å². The quantitative estimate of drug-likeness (QED) is 0.668. The molecule has 0 aromatic carbocycles. The van der Waals surface area contributed by atoms with Crippen molar-refractivity contribution in [3.63, 3.8) is 0 Å². The van der Waals surface area contributed by atoms with Gasteiger partial charge in [-0.2, -0.15) is 0 Å². The molecule has 0 radical (unpaired) electrons. The van der Waals surface area contributed by atoms with E-state index < -0.39 is 11.9 Å². The molecule has 2 amide bonds. The van der Waals surface area contributed by atoms with E-state index >= 15 is 0 Å². The number of amides is 2. The van der Waals surface area contributed by atoms with Gasteiger partial charge < -0.3 is 16.4 Å². The lowest BCUT2D eigenvalue weighted by molar-refractivity contribution is -0.125. The fourth-order valence-corrected chi connectivity index (χ4v) is 2.68. The van der Waals surface area contributed by atoms with E-state index in [1.807, 2.05) is 12.3 Å².